The summed E-state index contributed by atoms with van der Waals surface area (Å²) in [4.78, 5) is 0. The van der Waals surface area contributed by atoms with Crippen molar-refractivity contribution in [3.63, 3.8) is 0 Å². The van der Waals surface area contributed by atoms with Crippen LogP contribution < -0.4 is 5.32 Å². The molecule has 3 rings (SSSR count). The predicted molar refractivity (Wildman–Crippen MR) is 118 cm³/mol. The lowest BCUT2D eigenvalue weighted by Crippen LogP contribution is -2.16. The molecule has 1 heterocycles. The number of fused-ring (bicyclic) bond motifs is 1. The van der Waals surface area contributed by atoms with Crippen LogP contribution in [0, 0.1) is 6.92 Å². The van der Waals surface area contributed by atoms with Gasteiger partial charge in [-0.25, -0.2) is 0 Å². The Hall–Kier alpha value is -1.23. The maximum absolute atomic E-state index is 6.40. The van der Waals surface area contributed by atoms with Gasteiger partial charge in [0.2, 0.25) is 0 Å². The second-order valence-corrected chi connectivity index (χ2v) is 7.27. The van der Waals surface area contributed by atoms with E-state index in [1.807, 2.05) is 12.1 Å². The molecule has 1 aromatic heterocycles. The second kappa shape index (κ2) is 10.4. The van der Waals surface area contributed by atoms with E-state index in [0.29, 0.717) is 10.0 Å². The third-order valence-electron chi connectivity index (χ3n) is 4.71. The summed E-state index contributed by atoms with van der Waals surface area (Å²) >= 11 is 12.4. The minimum absolute atomic E-state index is 0. The summed E-state index contributed by atoms with van der Waals surface area (Å²) < 4.78 is 7.44. The molecule has 3 nitrogen and oxygen atoms in total. The van der Waals surface area contributed by atoms with Gasteiger partial charge in [0.25, 0.3) is 0 Å². The number of nitrogens with one attached hydrogen (secondary N) is 1. The molecule has 27 heavy (non-hydrogen) atoms. The van der Waals surface area contributed by atoms with Gasteiger partial charge in [-0.05, 0) is 49.2 Å². The van der Waals surface area contributed by atoms with E-state index in [1.165, 1.54) is 22.2 Å². The largest absolute Gasteiger partial charge is 0.385 e. The Morgan fingerprint density at radius 2 is 1.89 bits per heavy atom. The quantitative estimate of drug-likeness (QED) is 0.456. The van der Waals surface area contributed by atoms with Crippen molar-refractivity contribution in [2.75, 3.05) is 20.3 Å². The van der Waals surface area contributed by atoms with Gasteiger partial charge < -0.3 is 14.6 Å². The summed E-state index contributed by atoms with van der Waals surface area (Å²) in [6.07, 6.45) is 1.01. The average Bonchev–Trinajstić information content (AvgIpc) is 2.89. The van der Waals surface area contributed by atoms with Crippen LogP contribution in [0.3, 0.4) is 0 Å². The molecular formula is C21H25Cl3N2O. The van der Waals surface area contributed by atoms with Crippen LogP contribution in [0.4, 0.5) is 0 Å². The lowest BCUT2D eigenvalue weighted by molar-refractivity contribution is 0.194. The third-order valence-corrected chi connectivity index (χ3v) is 5.30. The summed E-state index contributed by atoms with van der Waals surface area (Å²) in [5.41, 5.74) is 4.89. The van der Waals surface area contributed by atoms with Gasteiger partial charge >= 0.3 is 0 Å². The van der Waals surface area contributed by atoms with Crippen LogP contribution in [0.2, 0.25) is 10.0 Å². The molecule has 0 fully saturated rings. The number of aromatic nitrogens is 1. The first-order valence-electron chi connectivity index (χ1n) is 8.82. The van der Waals surface area contributed by atoms with Crippen molar-refractivity contribution in [1.82, 2.24) is 9.88 Å². The molecule has 0 unspecified atom stereocenters. The van der Waals surface area contributed by atoms with Crippen LogP contribution >= 0.6 is 35.6 Å². The second-order valence-electron chi connectivity index (χ2n) is 6.43. The lowest BCUT2D eigenvalue weighted by atomic mass is 10.1. The zero-order valence-electron chi connectivity index (χ0n) is 15.6. The van der Waals surface area contributed by atoms with Crippen molar-refractivity contribution in [1.29, 1.82) is 0 Å². The number of halogens is 3. The topological polar surface area (TPSA) is 26.2 Å². The third kappa shape index (κ3) is 5.18. The molecule has 6 heteroatoms. The Morgan fingerprint density at radius 1 is 1.11 bits per heavy atom. The highest BCUT2D eigenvalue weighted by Gasteiger charge is 2.14. The number of hydrogen-bond acceptors (Lipinski definition) is 2. The van der Waals surface area contributed by atoms with Crippen molar-refractivity contribution in [3.8, 4) is 0 Å². The van der Waals surface area contributed by atoms with Gasteiger partial charge in [0.05, 0.1) is 0 Å². The highest BCUT2D eigenvalue weighted by Crippen LogP contribution is 2.29. The summed E-state index contributed by atoms with van der Waals surface area (Å²) in [6, 6.07) is 14.2. The summed E-state index contributed by atoms with van der Waals surface area (Å²) in [7, 11) is 1.74. The van der Waals surface area contributed by atoms with Crippen molar-refractivity contribution >= 4 is 46.5 Å². The molecule has 0 aliphatic heterocycles. The monoisotopic (exact) mass is 426 g/mol. The molecule has 0 saturated heterocycles. The van der Waals surface area contributed by atoms with E-state index in [9.17, 15) is 0 Å². The van der Waals surface area contributed by atoms with Crippen LogP contribution in [0.25, 0.3) is 10.9 Å². The Labute approximate surface area is 177 Å². The summed E-state index contributed by atoms with van der Waals surface area (Å²) in [5.74, 6) is 0. The van der Waals surface area contributed by atoms with Crippen LogP contribution in [0.5, 0.6) is 0 Å². The number of ether oxygens (including phenoxy) is 1. The number of hydrogen-bond donors (Lipinski definition) is 1. The Morgan fingerprint density at radius 3 is 2.63 bits per heavy atom. The van der Waals surface area contributed by atoms with Gasteiger partial charge in [-0.3, -0.25) is 0 Å². The number of rotatable bonds is 8. The number of benzene rings is 2. The molecule has 0 atom stereocenters. The van der Waals surface area contributed by atoms with Crippen LogP contribution in [0.15, 0.2) is 42.5 Å². The Kier molecular flexibility index (Phi) is 8.46. The maximum Gasteiger partial charge on any atom is 0.0493 e. The minimum atomic E-state index is 0. The van der Waals surface area contributed by atoms with E-state index >= 15 is 0 Å². The fourth-order valence-electron chi connectivity index (χ4n) is 3.30. The van der Waals surface area contributed by atoms with E-state index in [-0.39, 0.29) is 12.4 Å². The SMILES string of the molecule is COCCCNCc1c(C)n(Cc2ccc(Cl)cc2Cl)c2ccccc12.Cl. The molecule has 1 N–H and O–H groups in total. The fraction of sp³-hybridized carbons (Fsp3) is 0.333. The highest BCUT2D eigenvalue weighted by molar-refractivity contribution is 6.35. The predicted octanol–water partition coefficient (Wildman–Crippen LogP) is 5.85. The van der Waals surface area contributed by atoms with Crippen LogP contribution in [-0.2, 0) is 17.8 Å². The molecule has 0 amide bonds. The first-order valence-corrected chi connectivity index (χ1v) is 9.57. The maximum atomic E-state index is 6.40. The van der Waals surface area contributed by atoms with Gasteiger partial charge in [-0.2, -0.15) is 0 Å². The molecule has 2 aromatic carbocycles. The van der Waals surface area contributed by atoms with Crippen LogP contribution in [-0.4, -0.2) is 24.8 Å². The molecule has 0 spiro atoms. The highest BCUT2D eigenvalue weighted by atomic mass is 35.5. The summed E-state index contributed by atoms with van der Waals surface area (Å²) in [5, 5.41) is 6.18. The molecule has 0 aliphatic carbocycles. The molecule has 0 saturated carbocycles. The Balaban J connectivity index is 0.00000261. The van der Waals surface area contributed by atoms with Crippen molar-refractivity contribution < 1.29 is 4.74 Å². The van der Waals surface area contributed by atoms with Gasteiger partial charge in [0, 0.05) is 53.4 Å². The zero-order chi connectivity index (χ0) is 18.5. The van der Waals surface area contributed by atoms with Gasteiger partial charge in [0.15, 0.2) is 0 Å². The Bertz CT molecular complexity index is 893. The molecular weight excluding hydrogens is 403 g/mol. The molecule has 0 radical (unpaired) electrons. The van der Waals surface area contributed by atoms with Crippen molar-refractivity contribution in [2.45, 2.75) is 26.4 Å². The van der Waals surface area contributed by atoms with E-state index in [2.05, 4.69) is 41.1 Å². The zero-order valence-corrected chi connectivity index (χ0v) is 17.9. The summed E-state index contributed by atoms with van der Waals surface area (Å²) in [6.45, 7) is 5.47. The first-order chi connectivity index (χ1) is 12.6. The van der Waals surface area contributed by atoms with Gasteiger partial charge in [0.1, 0.15) is 0 Å². The standard InChI is InChI=1S/C21H24Cl2N2O.ClH/c1-15-19(13-24-10-5-11-26-2)18-6-3-4-7-21(18)25(15)14-16-8-9-17(22)12-20(16)23;/h3-4,6-9,12,24H,5,10-11,13-14H2,1-2H3;1H. The number of methoxy groups -OCH3 is 1. The smallest absolute Gasteiger partial charge is 0.0493 e. The lowest BCUT2D eigenvalue weighted by Gasteiger charge is -2.11. The van der Waals surface area contributed by atoms with Crippen molar-refractivity contribution in [2.24, 2.45) is 0 Å². The normalized spacial score (nSPS) is 11.0. The van der Waals surface area contributed by atoms with Crippen LogP contribution in [0.1, 0.15) is 23.2 Å². The number of para-hydroxylation sites is 1. The van der Waals surface area contributed by atoms with E-state index in [0.717, 1.165) is 38.2 Å². The van der Waals surface area contributed by atoms with E-state index < -0.39 is 0 Å². The molecule has 146 valence electrons. The number of nitrogens with zero attached hydrogens (tertiary/aromatic N) is 1. The molecule has 0 bridgehead atoms. The first kappa shape index (κ1) is 22.1. The molecule has 3 aromatic rings. The van der Waals surface area contributed by atoms with Crippen molar-refractivity contribution in [3.05, 3.63) is 69.3 Å². The minimum Gasteiger partial charge on any atom is -0.385 e. The van der Waals surface area contributed by atoms with Gasteiger partial charge in [-0.15, -0.1) is 12.4 Å². The van der Waals surface area contributed by atoms with Gasteiger partial charge in [-0.1, -0.05) is 47.5 Å². The fourth-order valence-corrected chi connectivity index (χ4v) is 3.77. The van der Waals surface area contributed by atoms with E-state index in [4.69, 9.17) is 27.9 Å². The molecule has 0 aliphatic rings. The average molecular weight is 428 g/mol. The van der Waals surface area contributed by atoms with E-state index in [1.54, 1.807) is 13.2 Å².